The lowest BCUT2D eigenvalue weighted by Crippen LogP contribution is -2.43. The van der Waals surface area contributed by atoms with Crippen molar-refractivity contribution in [1.82, 2.24) is 4.90 Å². The summed E-state index contributed by atoms with van der Waals surface area (Å²) in [6.45, 7) is 7.07. The summed E-state index contributed by atoms with van der Waals surface area (Å²) >= 11 is 0. The molecule has 2 rings (SSSR count). The molecule has 2 unspecified atom stereocenters. The highest BCUT2D eigenvalue weighted by atomic mass is 16.1. The van der Waals surface area contributed by atoms with Crippen LogP contribution in [0.15, 0.2) is 18.2 Å². The van der Waals surface area contributed by atoms with Crippen LogP contribution in [0.3, 0.4) is 0 Å². The standard InChI is InChI=1S/C16H25N3O/c1-11-7-14(16(18)20)5-6-15(11)10-19-9-13(8-17)4-3-12(19)2/h5-7,12-13H,3-4,8-10,17H2,1-2H3,(H2,18,20). The van der Waals surface area contributed by atoms with E-state index in [0.717, 1.165) is 25.2 Å². The molecule has 0 radical (unpaired) electrons. The second-order valence-corrected chi connectivity index (χ2v) is 5.96. The molecule has 20 heavy (non-hydrogen) atoms. The molecular weight excluding hydrogens is 250 g/mol. The van der Waals surface area contributed by atoms with Crippen molar-refractivity contribution < 1.29 is 4.79 Å². The molecule has 0 saturated carbocycles. The predicted molar refractivity (Wildman–Crippen MR) is 81.3 cm³/mol. The van der Waals surface area contributed by atoms with Crippen LogP contribution in [0.25, 0.3) is 0 Å². The monoisotopic (exact) mass is 275 g/mol. The second kappa shape index (κ2) is 6.37. The predicted octanol–water partition coefficient (Wildman–Crippen LogP) is 1.65. The van der Waals surface area contributed by atoms with Crippen molar-refractivity contribution in [3.63, 3.8) is 0 Å². The third-order valence-electron chi connectivity index (χ3n) is 4.44. The summed E-state index contributed by atoms with van der Waals surface area (Å²) in [5.74, 6) is 0.241. The fraction of sp³-hybridized carbons (Fsp3) is 0.562. The van der Waals surface area contributed by atoms with Gasteiger partial charge >= 0.3 is 0 Å². The molecule has 1 aromatic carbocycles. The average Bonchev–Trinajstić information content (AvgIpc) is 2.43. The first-order chi connectivity index (χ1) is 9.51. The molecule has 0 aromatic heterocycles. The average molecular weight is 275 g/mol. The van der Waals surface area contributed by atoms with E-state index in [-0.39, 0.29) is 5.91 Å². The zero-order valence-electron chi connectivity index (χ0n) is 12.4. The summed E-state index contributed by atoms with van der Waals surface area (Å²) < 4.78 is 0. The Hall–Kier alpha value is -1.39. The number of aryl methyl sites for hydroxylation is 1. The molecule has 1 saturated heterocycles. The van der Waals surface area contributed by atoms with Crippen LogP contribution < -0.4 is 11.5 Å². The number of carbonyl (C=O) groups is 1. The van der Waals surface area contributed by atoms with E-state index < -0.39 is 0 Å². The van der Waals surface area contributed by atoms with Gasteiger partial charge in [0.1, 0.15) is 0 Å². The largest absolute Gasteiger partial charge is 0.366 e. The van der Waals surface area contributed by atoms with E-state index in [9.17, 15) is 4.79 Å². The van der Waals surface area contributed by atoms with Crippen molar-refractivity contribution in [3.8, 4) is 0 Å². The van der Waals surface area contributed by atoms with E-state index in [4.69, 9.17) is 11.5 Å². The van der Waals surface area contributed by atoms with E-state index in [2.05, 4.69) is 11.8 Å². The Balaban J connectivity index is 2.10. The third kappa shape index (κ3) is 3.38. The van der Waals surface area contributed by atoms with Crippen LogP contribution in [0, 0.1) is 12.8 Å². The van der Waals surface area contributed by atoms with Gasteiger partial charge < -0.3 is 11.5 Å². The summed E-state index contributed by atoms with van der Waals surface area (Å²) in [5, 5.41) is 0. The molecule has 1 amide bonds. The maximum Gasteiger partial charge on any atom is 0.248 e. The first-order valence-electron chi connectivity index (χ1n) is 7.34. The number of hydrogen-bond donors (Lipinski definition) is 2. The Morgan fingerprint density at radius 2 is 2.15 bits per heavy atom. The fourth-order valence-electron chi connectivity index (χ4n) is 2.92. The molecule has 0 aliphatic carbocycles. The molecular formula is C16H25N3O. The molecule has 1 heterocycles. The van der Waals surface area contributed by atoms with Crippen molar-refractivity contribution in [2.24, 2.45) is 17.4 Å². The molecule has 1 aliphatic heterocycles. The maximum absolute atomic E-state index is 11.2. The van der Waals surface area contributed by atoms with Crippen LogP contribution in [-0.4, -0.2) is 29.9 Å². The Morgan fingerprint density at radius 3 is 2.75 bits per heavy atom. The van der Waals surface area contributed by atoms with Gasteiger partial charge in [-0.1, -0.05) is 6.07 Å². The van der Waals surface area contributed by atoms with Crippen LogP contribution in [0.1, 0.15) is 41.3 Å². The van der Waals surface area contributed by atoms with Gasteiger partial charge in [-0.05, 0) is 62.4 Å². The summed E-state index contributed by atoms with van der Waals surface area (Å²) in [6.07, 6.45) is 2.44. The fourth-order valence-corrected chi connectivity index (χ4v) is 2.92. The number of primary amides is 1. The van der Waals surface area contributed by atoms with Gasteiger partial charge in [0.05, 0.1) is 0 Å². The maximum atomic E-state index is 11.2. The number of piperidine rings is 1. The highest BCUT2D eigenvalue weighted by Crippen LogP contribution is 2.24. The number of amides is 1. The van der Waals surface area contributed by atoms with Gasteiger partial charge in [0.25, 0.3) is 0 Å². The number of nitrogens with zero attached hydrogens (tertiary/aromatic N) is 1. The second-order valence-electron chi connectivity index (χ2n) is 5.96. The van der Waals surface area contributed by atoms with Crippen LogP contribution >= 0.6 is 0 Å². The molecule has 4 N–H and O–H groups in total. The van der Waals surface area contributed by atoms with Gasteiger partial charge in [-0.2, -0.15) is 0 Å². The zero-order chi connectivity index (χ0) is 14.7. The SMILES string of the molecule is Cc1cc(C(N)=O)ccc1CN1CC(CN)CCC1C. The van der Waals surface area contributed by atoms with Crippen molar-refractivity contribution in [3.05, 3.63) is 34.9 Å². The molecule has 4 nitrogen and oxygen atoms in total. The Morgan fingerprint density at radius 1 is 1.40 bits per heavy atom. The number of benzene rings is 1. The lowest BCUT2D eigenvalue weighted by molar-refractivity contribution is 0.1000. The Bertz CT molecular complexity index is 487. The quantitative estimate of drug-likeness (QED) is 0.877. The number of carbonyl (C=O) groups excluding carboxylic acids is 1. The van der Waals surface area contributed by atoms with Crippen LogP contribution in [0.2, 0.25) is 0 Å². The molecule has 1 aliphatic rings. The van der Waals surface area contributed by atoms with Crippen LogP contribution in [0.5, 0.6) is 0 Å². The summed E-state index contributed by atoms with van der Waals surface area (Å²) in [6, 6.07) is 6.31. The minimum absolute atomic E-state index is 0.366. The first-order valence-corrected chi connectivity index (χ1v) is 7.34. The molecule has 0 spiro atoms. The summed E-state index contributed by atoms with van der Waals surface area (Å²) in [7, 11) is 0. The molecule has 4 heteroatoms. The Kier molecular flexibility index (Phi) is 4.78. The van der Waals surface area contributed by atoms with E-state index in [0.29, 0.717) is 17.5 Å². The van der Waals surface area contributed by atoms with Gasteiger partial charge in [0.15, 0.2) is 0 Å². The highest BCUT2D eigenvalue weighted by Gasteiger charge is 2.24. The number of likely N-dealkylation sites (tertiary alicyclic amines) is 1. The molecule has 1 aromatic rings. The smallest absolute Gasteiger partial charge is 0.248 e. The van der Waals surface area contributed by atoms with E-state index in [1.165, 1.54) is 18.4 Å². The molecule has 1 fully saturated rings. The molecule has 2 atom stereocenters. The van der Waals surface area contributed by atoms with Gasteiger partial charge in [-0.3, -0.25) is 9.69 Å². The zero-order valence-corrected chi connectivity index (χ0v) is 12.4. The van der Waals surface area contributed by atoms with E-state index in [1.807, 2.05) is 25.1 Å². The summed E-state index contributed by atoms with van der Waals surface area (Å²) in [5.41, 5.74) is 14.1. The van der Waals surface area contributed by atoms with E-state index >= 15 is 0 Å². The minimum Gasteiger partial charge on any atom is -0.366 e. The van der Waals surface area contributed by atoms with Crippen LogP contribution in [0.4, 0.5) is 0 Å². The topological polar surface area (TPSA) is 72.4 Å². The summed E-state index contributed by atoms with van der Waals surface area (Å²) in [4.78, 5) is 13.7. The number of hydrogen-bond acceptors (Lipinski definition) is 3. The van der Waals surface area contributed by atoms with Gasteiger partial charge in [-0.15, -0.1) is 0 Å². The van der Waals surface area contributed by atoms with Crippen molar-refractivity contribution in [1.29, 1.82) is 0 Å². The molecule has 0 bridgehead atoms. The van der Waals surface area contributed by atoms with Crippen molar-refractivity contribution in [2.75, 3.05) is 13.1 Å². The third-order valence-corrected chi connectivity index (χ3v) is 4.44. The normalized spacial score (nSPS) is 23.8. The lowest BCUT2D eigenvalue weighted by Gasteiger charge is -2.38. The first kappa shape index (κ1) is 15.0. The van der Waals surface area contributed by atoms with Gasteiger partial charge in [-0.25, -0.2) is 0 Å². The van der Waals surface area contributed by atoms with Crippen molar-refractivity contribution >= 4 is 5.91 Å². The highest BCUT2D eigenvalue weighted by molar-refractivity contribution is 5.93. The van der Waals surface area contributed by atoms with Crippen molar-refractivity contribution in [2.45, 2.75) is 39.3 Å². The lowest BCUT2D eigenvalue weighted by atomic mass is 9.92. The minimum atomic E-state index is -0.366. The van der Waals surface area contributed by atoms with E-state index in [1.54, 1.807) is 0 Å². The van der Waals surface area contributed by atoms with Crippen LogP contribution in [-0.2, 0) is 6.54 Å². The Labute approximate surface area is 121 Å². The van der Waals surface area contributed by atoms with Gasteiger partial charge in [0, 0.05) is 24.7 Å². The number of rotatable bonds is 4. The van der Waals surface area contributed by atoms with Gasteiger partial charge in [0.2, 0.25) is 5.91 Å². The number of nitrogens with two attached hydrogens (primary N) is 2. The molecule has 110 valence electrons.